The van der Waals surface area contributed by atoms with Crippen LogP contribution in [0.5, 0.6) is 0 Å². The van der Waals surface area contributed by atoms with E-state index in [1.807, 2.05) is 26.8 Å². The van der Waals surface area contributed by atoms with E-state index in [0.29, 0.717) is 18.2 Å². The summed E-state index contributed by atoms with van der Waals surface area (Å²) >= 11 is 0. The molecule has 2 nitrogen and oxygen atoms in total. The van der Waals surface area contributed by atoms with Gasteiger partial charge in [0, 0.05) is 12.3 Å². The van der Waals surface area contributed by atoms with Gasteiger partial charge in [-0.1, -0.05) is 26.0 Å². The lowest BCUT2D eigenvalue weighted by Gasteiger charge is -2.10. The zero-order valence-corrected chi connectivity index (χ0v) is 8.34. The first kappa shape index (κ1) is 10.9. The van der Waals surface area contributed by atoms with Gasteiger partial charge in [0.05, 0.1) is 0 Å². The molecule has 0 rings (SSSR count). The molecule has 0 spiro atoms. The van der Waals surface area contributed by atoms with Crippen molar-refractivity contribution in [2.24, 2.45) is 5.92 Å². The van der Waals surface area contributed by atoms with Crippen LogP contribution in [0.1, 0.15) is 20.8 Å². The van der Waals surface area contributed by atoms with Gasteiger partial charge in [-0.15, -0.1) is 0 Å². The predicted molar refractivity (Wildman–Crippen MR) is 49.2 cm³/mol. The van der Waals surface area contributed by atoms with Crippen molar-refractivity contribution in [3.05, 3.63) is 12.2 Å². The molecule has 1 unspecified atom stereocenters. The van der Waals surface area contributed by atoms with Gasteiger partial charge in [0.2, 0.25) is 7.37 Å². The zero-order chi connectivity index (χ0) is 8.91. The maximum absolute atomic E-state index is 11.3. The summed E-state index contributed by atoms with van der Waals surface area (Å²) in [5.74, 6) is 0.302. The number of allylic oxidation sites excluding steroid dienone is 2. The molecule has 3 heteroatoms. The molecule has 0 radical (unpaired) electrons. The van der Waals surface area contributed by atoms with E-state index in [0.717, 1.165) is 0 Å². The molecule has 0 amide bonds. The fraction of sp³-hybridized carbons (Fsp3) is 0.750. The van der Waals surface area contributed by atoms with Crippen molar-refractivity contribution in [3.63, 3.8) is 0 Å². The smallest absolute Gasteiger partial charge is 0.204 e. The van der Waals surface area contributed by atoms with Gasteiger partial charge >= 0.3 is 0 Å². The number of hydrogen-bond donors (Lipinski definition) is 1. The Kier molecular flexibility index (Phi) is 4.71. The van der Waals surface area contributed by atoms with Crippen molar-refractivity contribution in [1.82, 2.24) is 0 Å². The third-order valence-electron chi connectivity index (χ3n) is 1.28. The Morgan fingerprint density at radius 1 is 1.55 bits per heavy atom. The average Bonchev–Trinajstić information content (AvgIpc) is 1.81. The number of hydrogen-bond acceptors (Lipinski definition) is 1. The van der Waals surface area contributed by atoms with Crippen molar-refractivity contribution in [2.75, 3.05) is 12.3 Å². The number of rotatable bonds is 4. The summed E-state index contributed by atoms with van der Waals surface area (Å²) in [6.07, 6.45) is 4.31. The summed E-state index contributed by atoms with van der Waals surface area (Å²) in [5, 5.41) is 0. The predicted octanol–water partition coefficient (Wildman–Crippen LogP) is 2.49. The summed E-state index contributed by atoms with van der Waals surface area (Å²) in [6.45, 7) is 5.77. The monoisotopic (exact) mass is 176 g/mol. The van der Waals surface area contributed by atoms with E-state index in [2.05, 4.69) is 0 Å². The minimum absolute atomic E-state index is 0.302. The highest BCUT2D eigenvalue weighted by Crippen LogP contribution is 2.42. The molecule has 66 valence electrons. The fourth-order valence-electron chi connectivity index (χ4n) is 0.915. The van der Waals surface area contributed by atoms with Crippen LogP contribution in [0.3, 0.4) is 0 Å². The Labute approximate surface area is 68.8 Å². The van der Waals surface area contributed by atoms with Crippen LogP contribution in [0.2, 0.25) is 0 Å². The van der Waals surface area contributed by atoms with E-state index < -0.39 is 7.37 Å². The minimum atomic E-state index is -2.85. The van der Waals surface area contributed by atoms with Crippen molar-refractivity contribution < 1.29 is 9.46 Å². The molecule has 0 saturated carbocycles. The normalized spacial score (nSPS) is 17.5. The molecule has 0 fully saturated rings. The quantitative estimate of drug-likeness (QED) is 0.527. The summed E-state index contributed by atoms with van der Waals surface area (Å²) in [7, 11) is -2.85. The van der Waals surface area contributed by atoms with Crippen LogP contribution in [0.15, 0.2) is 12.2 Å². The molecule has 0 heterocycles. The SMILES string of the molecule is CC=CCP(=O)(O)CC(C)C. The van der Waals surface area contributed by atoms with Gasteiger partial charge in [0.15, 0.2) is 0 Å². The molecule has 0 saturated heterocycles. The Hall–Kier alpha value is -0.0700. The Bertz CT molecular complexity index is 173. The molecule has 11 heavy (non-hydrogen) atoms. The highest BCUT2D eigenvalue weighted by molar-refractivity contribution is 7.58. The molecule has 0 aromatic rings. The van der Waals surface area contributed by atoms with Crippen LogP contribution in [0.25, 0.3) is 0 Å². The van der Waals surface area contributed by atoms with Gasteiger partial charge in [0.25, 0.3) is 0 Å². The Morgan fingerprint density at radius 3 is 2.45 bits per heavy atom. The standard InChI is InChI=1S/C8H17O2P/c1-4-5-6-11(9,10)7-8(2)3/h4-5,8H,6-7H2,1-3H3,(H,9,10). The molecule has 1 N–H and O–H groups in total. The topological polar surface area (TPSA) is 37.3 Å². The second-order valence-corrected chi connectivity index (χ2v) is 5.60. The maximum atomic E-state index is 11.3. The molecule has 0 aliphatic heterocycles. The molecule has 0 aromatic carbocycles. The summed E-state index contributed by atoms with van der Waals surface area (Å²) in [4.78, 5) is 9.32. The van der Waals surface area contributed by atoms with E-state index in [4.69, 9.17) is 0 Å². The van der Waals surface area contributed by atoms with E-state index in [1.54, 1.807) is 6.08 Å². The van der Waals surface area contributed by atoms with Crippen LogP contribution in [-0.2, 0) is 4.57 Å². The van der Waals surface area contributed by atoms with Gasteiger partial charge in [-0.2, -0.15) is 0 Å². The van der Waals surface area contributed by atoms with Gasteiger partial charge in [-0.3, -0.25) is 4.57 Å². The molecular weight excluding hydrogens is 159 g/mol. The lowest BCUT2D eigenvalue weighted by atomic mass is 10.3. The molecule has 0 aliphatic rings. The molecule has 0 aliphatic carbocycles. The lowest BCUT2D eigenvalue weighted by Crippen LogP contribution is -1.99. The summed E-state index contributed by atoms with van der Waals surface area (Å²) in [5.41, 5.74) is 0. The Balaban J connectivity index is 3.90. The van der Waals surface area contributed by atoms with Crippen molar-refractivity contribution in [3.8, 4) is 0 Å². The van der Waals surface area contributed by atoms with Gasteiger partial charge in [-0.05, 0) is 12.8 Å². The second-order valence-electron chi connectivity index (χ2n) is 3.17. The van der Waals surface area contributed by atoms with E-state index >= 15 is 0 Å². The van der Waals surface area contributed by atoms with Gasteiger partial charge in [-0.25, -0.2) is 0 Å². The lowest BCUT2D eigenvalue weighted by molar-refractivity contribution is 0.472. The van der Waals surface area contributed by atoms with Crippen LogP contribution in [0.4, 0.5) is 0 Å². The first-order valence-corrected chi connectivity index (χ1v) is 5.93. The highest BCUT2D eigenvalue weighted by Gasteiger charge is 2.17. The second kappa shape index (κ2) is 4.74. The van der Waals surface area contributed by atoms with E-state index in [1.165, 1.54) is 0 Å². The van der Waals surface area contributed by atoms with E-state index in [9.17, 15) is 9.46 Å². The van der Waals surface area contributed by atoms with Gasteiger partial charge in [0.1, 0.15) is 0 Å². The third-order valence-corrected chi connectivity index (χ3v) is 3.36. The minimum Gasteiger partial charge on any atom is -0.344 e. The van der Waals surface area contributed by atoms with Crippen molar-refractivity contribution >= 4 is 7.37 Å². The third kappa shape index (κ3) is 6.33. The van der Waals surface area contributed by atoms with Crippen molar-refractivity contribution in [1.29, 1.82) is 0 Å². The maximum Gasteiger partial charge on any atom is 0.204 e. The fourth-order valence-corrected chi connectivity index (χ4v) is 2.75. The highest BCUT2D eigenvalue weighted by atomic mass is 31.2. The zero-order valence-electron chi connectivity index (χ0n) is 7.45. The first-order valence-electron chi connectivity index (χ1n) is 3.90. The van der Waals surface area contributed by atoms with Crippen LogP contribution in [0, 0.1) is 5.92 Å². The summed E-state index contributed by atoms with van der Waals surface area (Å²) < 4.78 is 11.3. The molecule has 1 atom stereocenters. The molecule has 0 aromatic heterocycles. The molecular formula is C8H17O2P. The van der Waals surface area contributed by atoms with E-state index in [-0.39, 0.29) is 0 Å². The van der Waals surface area contributed by atoms with Crippen LogP contribution >= 0.6 is 7.37 Å². The van der Waals surface area contributed by atoms with Crippen molar-refractivity contribution in [2.45, 2.75) is 20.8 Å². The van der Waals surface area contributed by atoms with Crippen LogP contribution < -0.4 is 0 Å². The Morgan fingerprint density at radius 2 is 2.09 bits per heavy atom. The average molecular weight is 176 g/mol. The van der Waals surface area contributed by atoms with Crippen LogP contribution in [-0.4, -0.2) is 17.2 Å². The van der Waals surface area contributed by atoms with Gasteiger partial charge < -0.3 is 4.89 Å². The molecule has 0 bridgehead atoms. The largest absolute Gasteiger partial charge is 0.344 e. The first-order chi connectivity index (χ1) is 4.98. The summed E-state index contributed by atoms with van der Waals surface area (Å²) in [6, 6.07) is 0.